The highest BCUT2D eigenvalue weighted by molar-refractivity contribution is 9.11. The minimum absolute atomic E-state index is 0.476. The lowest BCUT2D eigenvalue weighted by atomic mass is 10.2. The molecule has 2 aromatic rings. The van der Waals surface area contributed by atoms with E-state index in [0.29, 0.717) is 11.7 Å². The minimum atomic E-state index is 0.476. The molecule has 104 valence electrons. The number of hydrogen-bond acceptors (Lipinski definition) is 4. The molecule has 0 radical (unpaired) electrons. The van der Waals surface area contributed by atoms with Gasteiger partial charge in [0.05, 0.1) is 5.69 Å². The van der Waals surface area contributed by atoms with Gasteiger partial charge in [-0.2, -0.15) is 0 Å². The van der Waals surface area contributed by atoms with E-state index in [4.69, 9.17) is 5.73 Å². The van der Waals surface area contributed by atoms with E-state index < -0.39 is 0 Å². The highest BCUT2D eigenvalue weighted by atomic mass is 79.9. The van der Waals surface area contributed by atoms with Crippen LogP contribution in [0.5, 0.6) is 0 Å². The van der Waals surface area contributed by atoms with Crippen molar-refractivity contribution in [3.05, 3.63) is 38.5 Å². The van der Waals surface area contributed by atoms with Crippen LogP contribution in [-0.4, -0.2) is 9.97 Å². The van der Waals surface area contributed by atoms with Crippen LogP contribution in [0.3, 0.4) is 0 Å². The van der Waals surface area contributed by atoms with Crippen molar-refractivity contribution in [2.24, 2.45) is 0 Å². The van der Waals surface area contributed by atoms with Crippen LogP contribution in [-0.2, 0) is 0 Å². The molecule has 0 unspecified atom stereocenters. The van der Waals surface area contributed by atoms with Crippen LogP contribution < -0.4 is 11.1 Å². The molecule has 0 bridgehead atoms. The van der Waals surface area contributed by atoms with Gasteiger partial charge in [-0.3, -0.25) is 0 Å². The standard InChI is InChI=1S/C14H14Br2N4/c1-7-12(17)19-14(8-2-3-8)20-13(7)18-11-6-9(15)4-5-10(11)16/h4-6,8H,2-3H2,1H3,(H3,17,18,19,20). The maximum Gasteiger partial charge on any atom is 0.139 e. The fourth-order valence-corrected chi connectivity index (χ4v) is 2.63. The van der Waals surface area contributed by atoms with Crippen LogP contribution in [0, 0.1) is 6.92 Å². The topological polar surface area (TPSA) is 63.8 Å². The predicted octanol–water partition coefficient (Wildman–Crippen LogP) is 4.51. The smallest absolute Gasteiger partial charge is 0.139 e. The van der Waals surface area contributed by atoms with Gasteiger partial charge in [0, 0.05) is 20.4 Å². The summed E-state index contributed by atoms with van der Waals surface area (Å²) in [4.78, 5) is 9.01. The van der Waals surface area contributed by atoms with E-state index in [0.717, 1.165) is 44.7 Å². The van der Waals surface area contributed by atoms with E-state index >= 15 is 0 Å². The van der Waals surface area contributed by atoms with Crippen molar-refractivity contribution in [3.63, 3.8) is 0 Å². The number of aromatic nitrogens is 2. The van der Waals surface area contributed by atoms with Crippen LogP contribution in [0.15, 0.2) is 27.1 Å². The lowest BCUT2D eigenvalue weighted by Gasteiger charge is -2.13. The van der Waals surface area contributed by atoms with Gasteiger partial charge in [0.2, 0.25) is 0 Å². The molecule has 1 aromatic heterocycles. The molecule has 0 amide bonds. The summed E-state index contributed by atoms with van der Waals surface area (Å²) in [5.41, 5.74) is 7.82. The molecule has 6 heteroatoms. The summed E-state index contributed by atoms with van der Waals surface area (Å²) in [7, 11) is 0. The zero-order chi connectivity index (χ0) is 14.3. The molecular formula is C14H14Br2N4. The Morgan fingerprint density at radius 1 is 1.25 bits per heavy atom. The summed E-state index contributed by atoms with van der Waals surface area (Å²) in [6.45, 7) is 1.93. The number of anilines is 3. The number of rotatable bonds is 3. The maximum atomic E-state index is 6.00. The van der Waals surface area contributed by atoms with Crippen LogP contribution in [0.4, 0.5) is 17.3 Å². The molecule has 3 rings (SSSR count). The first kappa shape index (κ1) is 13.8. The third-order valence-corrected chi connectivity index (χ3v) is 4.51. The Kier molecular flexibility index (Phi) is 3.69. The molecule has 1 fully saturated rings. The van der Waals surface area contributed by atoms with E-state index in [-0.39, 0.29) is 0 Å². The second-order valence-corrected chi connectivity index (χ2v) is 6.73. The Morgan fingerprint density at radius 2 is 2.00 bits per heavy atom. The molecule has 1 aromatic carbocycles. The van der Waals surface area contributed by atoms with Gasteiger partial charge >= 0.3 is 0 Å². The van der Waals surface area contributed by atoms with Crippen molar-refractivity contribution in [2.45, 2.75) is 25.7 Å². The Bertz CT molecular complexity index is 668. The quantitative estimate of drug-likeness (QED) is 0.799. The molecule has 0 atom stereocenters. The Morgan fingerprint density at radius 3 is 2.70 bits per heavy atom. The third-order valence-electron chi connectivity index (χ3n) is 3.32. The van der Waals surface area contributed by atoms with E-state index in [1.807, 2.05) is 25.1 Å². The van der Waals surface area contributed by atoms with E-state index in [1.54, 1.807) is 0 Å². The van der Waals surface area contributed by atoms with E-state index in [1.165, 1.54) is 0 Å². The Labute approximate surface area is 134 Å². The second-order valence-electron chi connectivity index (χ2n) is 4.96. The molecule has 0 aliphatic heterocycles. The van der Waals surface area contributed by atoms with Crippen LogP contribution in [0.25, 0.3) is 0 Å². The van der Waals surface area contributed by atoms with Crippen molar-refractivity contribution < 1.29 is 0 Å². The first-order valence-electron chi connectivity index (χ1n) is 6.40. The van der Waals surface area contributed by atoms with Crippen LogP contribution in [0.2, 0.25) is 0 Å². The molecule has 1 saturated carbocycles. The number of nitrogens with zero attached hydrogens (tertiary/aromatic N) is 2. The molecular weight excluding hydrogens is 384 g/mol. The van der Waals surface area contributed by atoms with Gasteiger partial charge in [-0.1, -0.05) is 15.9 Å². The van der Waals surface area contributed by atoms with Gasteiger partial charge in [-0.15, -0.1) is 0 Å². The van der Waals surface area contributed by atoms with Crippen molar-refractivity contribution in [1.82, 2.24) is 9.97 Å². The summed E-state index contributed by atoms with van der Waals surface area (Å²) in [6, 6.07) is 5.96. The Balaban J connectivity index is 1.99. The lowest BCUT2D eigenvalue weighted by Crippen LogP contribution is -2.06. The van der Waals surface area contributed by atoms with Gasteiger partial charge < -0.3 is 11.1 Å². The molecule has 20 heavy (non-hydrogen) atoms. The summed E-state index contributed by atoms with van der Waals surface area (Å²) < 4.78 is 1.98. The fourth-order valence-electron chi connectivity index (χ4n) is 1.92. The monoisotopic (exact) mass is 396 g/mol. The van der Waals surface area contributed by atoms with E-state index in [2.05, 4.69) is 47.1 Å². The highest BCUT2D eigenvalue weighted by Crippen LogP contribution is 2.40. The second kappa shape index (κ2) is 5.33. The lowest BCUT2D eigenvalue weighted by molar-refractivity contribution is 0.927. The zero-order valence-corrected chi connectivity index (χ0v) is 14.1. The van der Waals surface area contributed by atoms with Gasteiger partial charge in [0.15, 0.2) is 0 Å². The zero-order valence-electron chi connectivity index (χ0n) is 11.0. The molecule has 1 aliphatic carbocycles. The SMILES string of the molecule is Cc1c(N)nc(C2CC2)nc1Nc1cc(Br)ccc1Br. The number of halogens is 2. The molecule has 0 spiro atoms. The largest absolute Gasteiger partial charge is 0.383 e. The molecule has 3 N–H and O–H groups in total. The molecule has 4 nitrogen and oxygen atoms in total. The van der Waals surface area contributed by atoms with Gasteiger partial charge in [-0.25, -0.2) is 9.97 Å². The predicted molar refractivity (Wildman–Crippen MR) is 88.3 cm³/mol. The minimum Gasteiger partial charge on any atom is -0.383 e. The molecule has 1 heterocycles. The van der Waals surface area contributed by atoms with Crippen molar-refractivity contribution in [3.8, 4) is 0 Å². The number of nitrogens with one attached hydrogen (secondary N) is 1. The van der Waals surface area contributed by atoms with Crippen LogP contribution >= 0.6 is 31.9 Å². The average molecular weight is 398 g/mol. The Hall–Kier alpha value is -1.14. The van der Waals surface area contributed by atoms with Gasteiger partial charge in [-0.05, 0) is 53.9 Å². The van der Waals surface area contributed by atoms with E-state index in [9.17, 15) is 0 Å². The fraction of sp³-hybridized carbons (Fsp3) is 0.286. The van der Waals surface area contributed by atoms with Crippen molar-refractivity contribution in [1.29, 1.82) is 0 Å². The summed E-state index contributed by atoms with van der Waals surface area (Å²) >= 11 is 7.00. The summed E-state index contributed by atoms with van der Waals surface area (Å²) in [5, 5.41) is 3.34. The van der Waals surface area contributed by atoms with Crippen molar-refractivity contribution in [2.75, 3.05) is 11.1 Å². The molecule has 0 saturated heterocycles. The average Bonchev–Trinajstić information content (AvgIpc) is 3.23. The number of benzene rings is 1. The maximum absolute atomic E-state index is 6.00. The van der Waals surface area contributed by atoms with Gasteiger partial charge in [0.25, 0.3) is 0 Å². The third kappa shape index (κ3) is 2.81. The normalized spacial score (nSPS) is 14.3. The first-order valence-corrected chi connectivity index (χ1v) is 7.99. The first-order chi connectivity index (χ1) is 9.54. The number of hydrogen-bond donors (Lipinski definition) is 2. The molecule has 1 aliphatic rings. The summed E-state index contributed by atoms with van der Waals surface area (Å²) in [6.07, 6.45) is 2.31. The summed E-state index contributed by atoms with van der Waals surface area (Å²) in [5.74, 6) is 2.65. The highest BCUT2D eigenvalue weighted by Gasteiger charge is 2.28. The number of nitrogens with two attached hydrogens (primary N) is 1. The van der Waals surface area contributed by atoms with Gasteiger partial charge in [0.1, 0.15) is 17.5 Å². The van der Waals surface area contributed by atoms with Crippen molar-refractivity contribution >= 4 is 49.2 Å². The van der Waals surface area contributed by atoms with Crippen LogP contribution in [0.1, 0.15) is 30.1 Å². The number of nitrogen functional groups attached to an aromatic ring is 1.